The average molecular weight is 297 g/mol. The van der Waals surface area contributed by atoms with Gasteiger partial charge >= 0.3 is 5.97 Å². The molecule has 1 rings (SSSR count). The summed E-state index contributed by atoms with van der Waals surface area (Å²) in [6, 6.07) is 3.58. The van der Waals surface area contributed by atoms with Crippen LogP contribution in [-0.4, -0.2) is 25.0 Å². The highest BCUT2D eigenvalue weighted by Gasteiger charge is 2.07. The summed E-state index contributed by atoms with van der Waals surface area (Å²) in [4.78, 5) is 23.7. The molecule has 1 amide bonds. The van der Waals surface area contributed by atoms with Crippen LogP contribution in [0.1, 0.15) is 55.1 Å². The van der Waals surface area contributed by atoms with Crippen molar-refractivity contribution in [1.29, 1.82) is 0 Å². The van der Waals surface area contributed by atoms with Crippen LogP contribution >= 0.6 is 11.3 Å². The molecule has 0 aliphatic rings. The van der Waals surface area contributed by atoms with Gasteiger partial charge in [-0.05, 0) is 17.9 Å². The van der Waals surface area contributed by atoms with E-state index in [4.69, 9.17) is 4.74 Å². The molecular formula is C15H23NO3S. The van der Waals surface area contributed by atoms with E-state index in [0.717, 1.165) is 12.8 Å². The Balaban J connectivity index is 1.99. The minimum absolute atomic E-state index is 0.132. The Morgan fingerprint density at radius 1 is 1.25 bits per heavy atom. The maximum atomic E-state index is 11.6. The van der Waals surface area contributed by atoms with Crippen molar-refractivity contribution in [3.8, 4) is 0 Å². The molecule has 1 heterocycles. The van der Waals surface area contributed by atoms with Crippen molar-refractivity contribution in [3.63, 3.8) is 0 Å². The summed E-state index contributed by atoms with van der Waals surface area (Å²) in [6.45, 7) is 2.98. The Morgan fingerprint density at radius 2 is 2.05 bits per heavy atom. The molecule has 0 unspecified atom stereocenters. The molecule has 0 atom stereocenters. The summed E-state index contributed by atoms with van der Waals surface area (Å²) in [7, 11) is 0. The van der Waals surface area contributed by atoms with Gasteiger partial charge in [0.25, 0.3) is 5.91 Å². The van der Waals surface area contributed by atoms with Gasteiger partial charge in [0.15, 0.2) is 0 Å². The molecule has 112 valence electrons. The fraction of sp³-hybridized carbons (Fsp3) is 0.600. The van der Waals surface area contributed by atoms with Crippen LogP contribution < -0.4 is 5.32 Å². The lowest BCUT2D eigenvalue weighted by molar-refractivity contribution is -0.143. The highest BCUT2D eigenvalue weighted by molar-refractivity contribution is 7.12. The Bertz CT molecular complexity index is 390. The Labute approximate surface area is 124 Å². The summed E-state index contributed by atoms with van der Waals surface area (Å²) in [5.74, 6) is -0.376. The first kappa shape index (κ1) is 16.7. The fourth-order valence-electron chi connectivity index (χ4n) is 1.74. The minimum Gasteiger partial charge on any atom is -0.466 e. The van der Waals surface area contributed by atoms with Gasteiger partial charge in [0.05, 0.1) is 17.9 Å². The van der Waals surface area contributed by atoms with Gasteiger partial charge in [-0.15, -0.1) is 11.3 Å². The first-order valence-corrected chi connectivity index (χ1v) is 8.09. The van der Waals surface area contributed by atoms with Gasteiger partial charge in [-0.25, -0.2) is 0 Å². The van der Waals surface area contributed by atoms with Crippen molar-refractivity contribution in [2.24, 2.45) is 0 Å². The van der Waals surface area contributed by atoms with Crippen molar-refractivity contribution in [1.82, 2.24) is 5.32 Å². The molecule has 0 spiro atoms. The zero-order chi connectivity index (χ0) is 14.6. The molecule has 1 N–H and O–H groups in total. The molecule has 0 saturated carbocycles. The van der Waals surface area contributed by atoms with Gasteiger partial charge < -0.3 is 10.1 Å². The minimum atomic E-state index is -0.244. The third-order valence-corrected chi connectivity index (χ3v) is 3.74. The quantitative estimate of drug-likeness (QED) is 0.532. The van der Waals surface area contributed by atoms with E-state index in [0.29, 0.717) is 18.0 Å². The molecule has 0 saturated heterocycles. The van der Waals surface area contributed by atoms with E-state index in [-0.39, 0.29) is 18.3 Å². The molecule has 0 fully saturated rings. The summed E-state index contributed by atoms with van der Waals surface area (Å²) in [5, 5.41) is 4.55. The van der Waals surface area contributed by atoms with Crippen LogP contribution in [0.5, 0.6) is 0 Å². The van der Waals surface area contributed by atoms with Crippen LogP contribution in [0.3, 0.4) is 0 Å². The lowest BCUT2D eigenvalue weighted by Gasteiger charge is -2.05. The Hall–Kier alpha value is -1.36. The number of carbonyl (C=O) groups is 2. The number of rotatable bonds is 10. The predicted octanol–water partition coefficient (Wildman–Crippen LogP) is 3.38. The monoisotopic (exact) mass is 297 g/mol. The molecule has 4 nitrogen and oxygen atoms in total. The van der Waals surface area contributed by atoms with Gasteiger partial charge in [-0.2, -0.15) is 0 Å². The van der Waals surface area contributed by atoms with E-state index < -0.39 is 0 Å². The Morgan fingerprint density at radius 3 is 2.75 bits per heavy atom. The highest BCUT2D eigenvalue weighted by atomic mass is 32.1. The zero-order valence-corrected chi connectivity index (χ0v) is 12.8. The van der Waals surface area contributed by atoms with Crippen LogP contribution in [0.15, 0.2) is 17.5 Å². The van der Waals surface area contributed by atoms with Crippen molar-refractivity contribution in [2.75, 3.05) is 13.2 Å². The van der Waals surface area contributed by atoms with Crippen LogP contribution in [-0.2, 0) is 9.53 Å². The van der Waals surface area contributed by atoms with Gasteiger partial charge in [0.1, 0.15) is 0 Å². The summed E-state index contributed by atoms with van der Waals surface area (Å²) in [5.41, 5.74) is 0. The topological polar surface area (TPSA) is 55.4 Å². The lowest BCUT2D eigenvalue weighted by atomic mass is 10.2. The summed E-state index contributed by atoms with van der Waals surface area (Å²) < 4.78 is 5.11. The van der Waals surface area contributed by atoms with Crippen LogP contribution in [0.2, 0.25) is 0 Å². The largest absolute Gasteiger partial charge is 0.466 e. The maximum absolute atomic E-state index is 11.6. The molecule has 1 aromatic heterocycles. The standard InChI is InChI=1S/C15H23NO3S/c1-2-3-4-5-6-11-19-14(17)9-10-16-15(18)13-8-7-12-20-13/h7-8,12H,2-6,9-11H2,1H3,(H,16,18). The SMILES string of the molecule is CCCCCCCOC(=O)CCNC(=O)c1cccs1. The Kier molecular flexibility index (Phi) is 8.71. The highest BCUT2D eigenvalue weighted by Crippen LogP contribution is 2.07. The average Bonchev–Trinajstić information content (AvgIpc) is 2.96. The van der Waals surface area contributed by atoms with E-state index in [2.05, 4.69) is 12.2 Å². The van der Waals surface area contributed by atoms with Crippen LogP contribution in [0, 0.1) is 0 Å². The van der Waals surface area contributed by atoms with Gasteiger partial charge in [-0.3, -0.25) is 9.59 Å². The lowest BCUT2D eigenvalue weighted by Crippen LogP contribution is -2.25. The molecule has 0 radical (unpaired) electrons. The third kappa shape index (κ3) is 7.28. The van der Waals surface area contributed by atoms with Crippen molar-refractivity contribution in [2.45, 2.75) is 45.4 Å². The molecule has 0 bridgehead atoms. The number of amides is 1. The van der Waals surface area contributed by atoms with Gasteiger partial charge in [0.2, 0.25) is 0 Å². The molecule has 1 aromatic rings. The fourth-order valence-corrected chi connectivity index (χ4v) is 2.38. The maximum Gasteiger partial charge on any atom is 0.307 e. The molecular weight excluding hydrogens is 274 g/mol. The third-order valence-electron chi connectivity index (χ3n) is 2.87. The smallest absolute Gasteiger partial charge is 0.307 e. The normalized spacial score (nSPS) is 10.2. The van der Waals surface area contributed by atoms with E-state index in [1.165, 1.54) is 30.6 Å². The predicted molar refractivity (Wildman–Crippen MR) is 81.0 cm³/mol. The van der Waals surface area contributed by atoms with E-state index >= 15 is 0 Å². The van der Waals surface area contributed by atoms with E-state index in [1.807, 2.05) is 11.4 Å². The number of hydrogen-bond acceptors (Lipinski definition) is 4. The van der Waals surface area contributed by atoms with E-state index in [1.54, 1.807) is 6.07 Å². The van der Waals surface area contributed by atoms with Gasteiger partial charge in [0, 0.05) is 6.54 Å². The van der Waals surface area contributed by atoms with Gasteiger partial charge in [-0.1, -0.05) is 38.7 Å². The number of nitrogens with one attached hydrogen (secondary N) is 1. The number of ether oxygens (including phenoxy) is 1. The first-order chi connectivity index (χ1) is 9.74. The molecule has 20 heavy (non-hydrogen) atoms. The molecule has 0 aliphatic carbocycles. The van der Waals surface area contributed by atoms with E-state index in [9.17, 15) is 9.59 Å². The number of hydrogen-bond donors (Lipinski definition) is 1. The summed E-state index contributed by atoms with van der Waals surface area (Å²) >= 11 is 1.38. The molecule has 0 aliphatic heterocycles. The second-order valence-electron chi connectivity index (χ2n) is 4.62. The molecule has 0 aromatic carbocycles. The zero-order valence-electron chi connectivity index (χ0n) is 12.0. The van der Waals surface area contributed by atoms with Crippen LogP contribution in [0.25, 0.3) is 0 Å². The van der Waals surface area contributed by atoms with Crippen molar-refractivity contribution < 1.29 is 14.3 Å². The number of esters is 1. The number of unbranched alkanes of at least 4 members (excludes halogenated alkanes) is 4. The van der Waals surface area contributed by atoms with Crippen LogP contribution in [0.4, 0.5) is 0 Å². The second kappa shape index (κ2) is 10.4. The first-order valence-electron chi connectivity index (χ1n) is 7.21. The summed E-state index contributed by atoms with van der Waals surface area (Å²) in [6.07, 6.45) is 5.91. The molecule has 5 heteroatoms. The van der Waals surface area contributed by atoms with Crippen molar-refractivity contribution >= 4 is 23.2 Å². The van der Waals surface area contributed by atoms with Crippen molar-refractivity contribution in [3.05, 3.63) is 22.4 Å². The second-order valence-corrected chi connectivity index (χ2v) is 5.57. The number of thiophene rings is 1. The number of carbonyl (C=O) groups excluding carboxylic acids is 2.